The molecule has 1 aromatic heterocycles. The van der Waals surface area contributed by atoms with Gasteiger partial charge in [-0.05, 0) is 14.1 Å². The molecule has 4 nitrogen and oxygen atoms in total. The van der Waals surface area contributed by atoms with Crippen LogP contribution in [0.25, 0.3) is 0 Å². The highest BCUT2D eigenvalue weighted by molar-refractivity contribution is 6.33. The van der Waals surface area contributed by atoms with Gasteiger partial charge in [-0.3, -0.25) is 9.48 Å². The lowest BCUT2D eigenvalue weighted by Gasteiger charge is -2.08. The molecule has 0 spiro atoms. The molecule has 0 N–H and O–H groups in total. The number of rotatable bonds is 3. The standard InChI is InChI=1S/C8H12ClN3O/c1-11(2)5-7(13)8-6(9)4-10-12(8)3/h4H,5H2,1-3H3. The quantitative estimate of drug-likeness (QED) is 0.680. The fraction of sp³-hybridized carbons (Fsp3) is 0.500. The van der Waals surface area contributed by atoms with Gasteiger partial charge in [-0.25, -0.2) is 0 Å². The number of Topliss-reactive ketones (excluding diaryl/α,β-unsaturated/α-hetero) is 1. The molecule has 0 aliphatic heterocycles. The van der Waals surface area contributed by atoms with Crippen molar-refractivity contribution in [3.63, 3.8) is 0 Å². The van der Waals surface area contributed by atoms with Gasteiger partial charge in [0.05, 0.1) is 17.8 Å². The summed E-state index contributed by atoms with van der Waals surface area (Å²) in [5.41, 5.74) is 0.468. The Morgan fingerprint density at radius 1 is 1.69 bits per heavy atom. The van der Waals surface area contributed by atoms with E-state index in [1.807, 2.05) is 14.1 Å². The van der Waals surface area contributed by atoms with Crippen LogP contribution < -0.4 is 0 Å². The highest BCUT2D eigenvalue weighted by Gasteiger charge is 2.15. The van der Waals surface area contributed by atoms with Crippen LogP contribution in [0.4, 0.5) is 0 Å². The fourth-order valence-electron chi connectivity index (χ4n) is 1.09. The highest BCUT2D eigenvalue weighted by atomic mass is 35.5. The number of nitrogens with zero attached hydrogens (tertiary/aromatic N) is 3. The Labute approximate surface area is 82.1 Å². The van der Waals surface area contributed by atoms with Crippen molar-refractivity contribution < 1.29 is 4.79 Å². The zero-order chi connectivity index (χ0) is 10.0. The van der Waals surface area contributed by atoms with Crippen LogP contribution in [0.3, 0.4) is 0 Å². The molecule has 0 atom stereocenters. The summed E-state index contributed by atoms with van der Waals surface area (Å²) in [6.07, 6.45) is 1.48. The number of likely N-dealkylation sites (N-methyl/N-ethyl adjacent to an activating group) is 1. The largest absolute Gasteiger partial charge is 0.302 e. The molecule has 0 radical (unpaired) electrons. The number of halogens is 1. The number of carbonyl (C=O) groups excluding carboxylic acids is 1. The van der Waals surface area contributed by atoms with E-state index in [1.54, 1.807) is 11.9 Å². The van der Waals surface area contributed by atoms with Crippen LogP contribution in [0.1, 0.15) is 10.5 Å². The second-order valence-electron chi connectivity index (χ2n) is 3.13. The average Bonchev–Trinajstić information content (AvgIpc) is 2.29. The first-order valence-corrected chi connectivity index (χ1v) is 4.25. The van der Waals surface area contributed by atoms with Crippen molar-refractivity contribution >= 4 is 17.4 Å². The highest BCUT2D eigenvalue weighted by Crippen LogP contribution is 2.14. The number of aryl methyl sites for hydroxylation is 1. The summed E-state index contributed by atoms with van der Waals surface area (Å²) < 4.78 is 1.49. The van der Waals surface area contributed by atoms with Gasteiger partial charge in [0, 0.05) is 7.05 Å². The van der Waals surface area contributed by atoms with Gasteiger partial charge >= 0.3 is 0 Å². The van der Waals surface area contributed by atoms with E-state index in [2.05, 4.69) is 5.10 Å². The number of aromatic nitrogens is 2. The van der Waals surface area contributed by atoms with Gasteiger partial charge in [-0.15, -0.1) is 0 Å². The summed E-state index contributed by atoms with van der Waals surface area (Å²) >= 11 is 5.80. The van der Waals surface area contributed by atoms with Crippen LogP contribution in [0.5, 0.6) is 0 Å². The SMILES string of the molecule is CN(C)CC(=O)c1c(Cl)cnn1C. The van der Waals surface area contributed by atoms with E-state index in [-0.39, 0.29) is 5.78 Å². The molecule has 1 heterocycles. The minimum Gasteiger partial charge on any atom is -0.302 e. The van der Waals surface area contributed by atoms with Crippen LogP contribution in [0.15, 0.2) is 6.20 Å². The second kappa shape index (κ2) is 3.89. The average molecular weight is 202 g/mol. The molecule has 0 unspecified atom stereocenters. The lowest BCUT2D eigenvalue weighted by Crippen LogP contribution is -2.23. The van der Waals surface area contributed by atoms with Crippen LogP contribution in [-0.4, -0.2) is 41.1 Å². The van der Waals surface area contributed by atoms with Crippen molar-refractivity contribution in [2.24, 2.45) is 7.05 Å². The summed E-state index contributed by atoms with van der Waals surface area (Å²) in [6, 6.07) is 0. The van der Waals surface area contributed by atoms with Gasteiger partial charge < -0.3 is 4.90 Å². The van der Waals surface area contributed by atoms with Gasteiger partial charge in [-0.1, -0.05) is 11.6 Å². The molecule has 1 aromatic rings. The van der Waals surface area contributed by atoms with E-state index < -0.39 is 0 Å². The summed E-state index contributed by atoms with van der Waals surface area (Å²) in [6.45, 7) is 0.346. The Balaban J connectivity index is 2.88. The van der Waals surface area contributed by atoms with Crippen molar-refractivity contribution in [3.05, 3.63) is 16.9 Å². The smallest absolute Gasteiger partial charge is 0.196 e. The maximum atomic E-state index is 11.6. The number of hydrogen-bond acceptors (Lipinski definition) is 3. The number of ketones is 1. The van der Waals surface area contributed by atoms with Crippen LogP contribution in [-0.2, 0) is 7.05 Å². The first kappa shape index (κ1) is 10.2. The van der Waals surface area contributed by atoms with Crippen molar-refractivity contribution in [3.8, 4) is 0 Å². The zero-order valence-corrected chi connectivity index (χ0v) is 8.67. The molecule has 0 saturated heterocycles. The summed E-state index contributed by atoms with van der Waals surface area (Å²) in [4.78, 5) is 13.4. The first-order chi connectivity index (χ1) is 6.02. The first-order valence-electron chi connectivity index (χ1n) is 3.88. The number of hydrogen-bond donors (Lipinski definition) is 0. The predicted molar refractivity (Wildman–Crippen MR) is 51.1 cm³/mol. The minimum atomic E-state index is -0.0185. The maximum Gasteiger partial charge on any atom is 0.196 e. The molecule has 0 aromatic carbocycles. The van der Waals surface area contributed by atoms with Gasteiger partial charge in [0.25, 0.3) is 0 Å². The number of carbonyl (C=O) groups is 1. The van der Waals surface area contributed by atoms with Crippen molar-refractivity contribution in [1.82, 2.24) is 14.7 Å². The summed E-state index contributed by atoms with van der Waals surface area (Å²) in [5.74, 6) is -0.0185. The molecule has 0 fully saturated rings. The molecule has 0 saturated carbocycles. The molecule has 1 rings (SSSR count). The normalized spacial score (nSPS) is 10.8. The molecule has 13 heavy (non-hydrogen) atoms. The van der Waals surface area contributed by atoms with Crippen LogP contribution in [0, 0.1) is 0 Å². The molecule has 0 bridgehead atoms. The Morgan fingerprint density at radius 2 is 2.31 bits per heavy atom. The Kier molecular flexibility index (Phi) is 3.06. The molecule has 0 amide bonds. The van der Waals surface area contributed by atoms with Gasteiger partial charge in [0.1, 0.15) is 5.69 Å². The minimum absolute atomic E-state index is 0.0185. The third-order valence-electron chi connectivity index (χ3n) is 1.62. The lowest BCUT2D eigenvalue weighted by atomic mass is 10.3. The summed E-state index contributed by atoms with van der Waals surface area (Å²) in [5, 5.41) is 4.30. The van der Waals surface area contributed by atoms with Gasteiger partial charge in [0.2, 0.25) is 0 Å². The van der Waals surface area contributed by atoms with Crippen molar-refractivity contribution in [2.75, 3.05) is 20.6 Å². The Bertz CT molecular complexity index is 300. The second-order valence-corrected chi connectivity index (χ2v) is 3.53. The van der Waals surface area contributed by atoms with E-state index in [0.29, 0.717) is 17.3 Å². The van der Waals surface area contributed by atoms with Gasteiger partial charge in [-0.2, -0.15) is 5.10 Å². The third kappa shape index (κ3) is 2.29. The van der Waals surface area contributed by atoms with E-state index in [0.717, 1.165) is 0 Å². The topological polar surface area (TPSA) is 38.1 Å². The molecule has 0 aliphatic carbocycles. The fourth-order valence-corrected chi connectivity index (χ4v) is 1.36. The summed E-state index contributed by atoms with van der Waals surface area (Å²) in [7, 11) is 5.37. The van der Waals surface area contributed by atoms with E-state index in [9.17, 15) is 4.79 Å². The lowest BCUT2D eigenvalue weighted by molar-refractivity contribution is 0.0949. The van der Waals surface area contributed by atoms with Gasteiger partial charge in [0.15, 0.2) is 5.78 Å². The van der Waals surface area contributed by atoms with Crippen LogP contribution >= 0.6 is 11.6 Å². The molecule has 5 heteroatoms. The van der Waals surface area contributed by atoms with Crippen LogP contribution in [0.2, 0.25) is 5.02 Å². The Hall–Kier alpha value is -0.870. The predicted octanol–water partition coefficient (Wildman–Crippen LogP) is 0.818. The van der Waals surface area contributed by atoms with E-state index >= 15 is 0 Å². The molecular formula is C8H12ClN3O. The van der Waals surface area contributed by atoms with Crippen molar-refractivity contribution in [2.45, 2.75) is 0 Å². The third-order valence-corrected chi connectivity index (χ3v) is 1.89. The Morgan fingerprint density at radius 3 is 2.69 bits per heavy atom. The monoisotopic (exact) mass is 201 g/mol. The van der Waals surface area contributed by atoms with Crippen molar-refractivity contribution in [1.29, 1.82) is 0 Å². The molecule has 0 aliphatic rings. The molecule has 72 valence electrons. The molecular weight excluding hydrogens is 190 g/mol. The maximum absolute atomic E-state index is 11.6. The van der Waals surface area contributed by atoms with E-state index in [4.69, 9.17) is 11.6 Å². The van der Waals surface area contributed by atoms with E-state index in [1.165, 1.54) is 10.9 Å². The zero-order valence-electron chi connectivity index (χ0n) is 7.91.